The molecule has 1 aliphatic rings. The van der Waals surface area contributed by atoms with Gasteiger partial charge in [-0.3, -0.25) is 0 Å². The second kappa shape index (κ2) is 5.35. The van der Waals surface area contributed by atoms with Gasteiger partial charge in [0.2, 0.25) is 0 Å². The lowest BCUT2D eigenvalue weighted by Crippen LogP contribution is -2.21. The molecule has 0 bridgehead atoms. The molecule has 114 valence electrons. The predicted molar refractivity (Wildman–Crippen MR) is 91.2 cm³/mol. The largest absolute Gasteiger partial charge is 0.507 e. The maximum atomic E-state index is 10.1. The monoisotopic (exact) mass is 304 g/mol. The van der Waals surface area contributed by atoms with Gasteiger partial charge in [-0.25, -0.2) is 9.97 Å². The van der Waals surface area contributed by atoms with E-state index in [0.29, 0.717) is 17.9 Å². The second-order valence-corrected chi connectivity index (χ2v) is 5.68. The number of benzene rings is 2. The van der Waals surface area contributed by atoms with Gasteiger partial charge in [-0.05, 0) is 24.3 Å². The average Bonchev–Trinajstić information content (AvgIpc) is 3.00. The van der Waals surface area contributed by atoms with Crippen molar-refractivity contribution in [1.29, 1.82) is 5.41 Å². The normalized spacial score (nSPS) is 14.6. The standard InChI is InChI=1S/C18H16N4O/c19-12-9-10-22(11-12)18-13-5-1-3-7-15(13)20-17(21-18)14-6-2-4-8-16(14)23/h1-8,19,23H,9-11H2. The van der Waals surface area contributed by atoms with E-state index in [0.717, 1.165) is 35.4 Å². The van der Waals surface area contributed by atoms with Crippen molar-refractivity contribution < 1.29 is 5.11 Å². The number of hydrogen-bond donors (Lipinski definition) is 2. The highest BCUT2D eigenvalue weighted by Crippen LogP contribution is 2.32. The first-order valence-corrected chi connectivity index (χ1v) is 7.59. The molecule has 2 heterocycles. The molecule has 2 aromatic carbocycles. The molecule has 5 heteroatoms. The molecule has 1 saturated heterocycles. The highest BCUT2D eigenvalue weighted by atomic mass is 16.3. The first kappa shape index (κ1) is 13.7. The lowest BCUT2D eigenvalue weighted by atomic mass is 10.1. The van der Waals surface area contributed by atoms with Crippen LogP contribution in [0.3, 0.4) is 0 Å². The van der Waals surface area contributed by atoms with Crippen LogP contribution >= 0.6 is 0 Å². The summed E-state index contributed by atoms with van der Waals surface area (Å²) in [6.07, 6.45) is 0.768. The van der Waals surface area contributed by atoms with Crippen molar-refractivity contribution >= 4 is 22.4 Å². The van der Waals surface area contributed by atoms with Crippen LogP contribution in [0.15, 0.2) is 48.5 Å². The van der Waals surface area contributed by atoms with Crippen molar-refractivity contribution in [2.45, 2.75) is 6.42 Å². The predicted octanol–water partition coefficient (Wildman–Crippen LogP) is 3.23. The molecule has 2 N–H and O–H groups in total. The molecule has 0 atom stereocenters. The summed E-state index contributed by atoms with van der Waals surface area (Å²) >= 11 is 0. The SMILES string of the molecule is N=C1CCN(c2nc(-c3ccccc3O)nc3ccccc23)C1. The molecule has 0 radical (unpaired) electrons. The number of para-hydroxylation sites is 2. The minimum atomic E-state index is 0.169. The minimum absolute atomic E-state index is 0.169. The number of aromatic nitrogens is 2. The van der Waals surface area contributed by atoms with Gasteiger partial charge < -0.3 is 15.4 Å². The maximum absolute atomic E-state index is 10.1. The third-order valence-corrected chi connectivity index (χ3v) is 4.09. The van der Waals surface area contributed by atoms with Gasteiger partial charge in [0.25, 0.3) is 0 Å². The van der Waals surface area contributed by atoms with Gasteiger partial charge in [-0.1, -0.05) is 24.3 Å². The van der Waals surface area contributed by atoms with Gasteiger partial charge in [0.05, 0.1) is 17.6 Å². The topological polar surface area (TPSA) is 73.1 Å². The molecule has 23 heavy (non-hydrogen) atoms. The molecular formula is C18H16N4O. The fourth-order valence-electron chi connectivity index (χ4n) is 2.92. The Balaban J connectivity index is 1.94. The zero-order valence-corrected chi connectivity index (χ0v) is 12.5. The molecule has 1 fully saturated rings. The van der Waals surface area contributed by atoms with Crippen molar-refractivity contribution in [3.05, 3.63) is 48.5 Å². The summed E-state index contributed by atoms with van der Waals surface area (Å²) in [5.74, 6) is 1.51. The average molecular weight is 304 g/mol. The Morgan fingerprint density at radius 1 is 1.00 bits per heavy atom. The lowest BCUT2D eigenvalue weighted by Gasteiger charge is -2.19. The van der Waals surface area contributed by atoms with Gasteiger partial charge in [-0.2, -0.15) is 0 Å². The fourth-order valence-corrected chi connectivity index (χ4v) is 2.92. The summed E-state index contributed by atoms with van der Waals surface area (Å²) in [7, 11) is 0. The molecule has 0 amide bonds. The van der Waals surface area contributed by atoms with Crippen LogP contribution < -0.4 is 4.90 Å². The van der Waals surface area contributed by atoms with Crippen LogP contribution in [0.4, 0.5) is 5.82 Å². The third kappa shape index (κ3) is 2.40. The van der Waals surface area contributed by atoms with Crippen molar-refractivity contribution in [2.75, 3.05) is 18.0 Å². The molecular weight excluding hydrogens is 288 g/mol. The highest BCUT2D eigenvalue weighted by Gasteiger charge is 2.21. The van der Waals surface area contributed by atoms with Crippen molar-refractivity contribution in [2.24, 2.45) is 0 Å². The Kier molecular flexibility index (Phi) is 3.19. The fraction of sp³-hybridized carbons (Fsp3) is 0.167. The maximum Gasteiger partial charge on any atom is 0.165 e. The van der Waals surface area contributed by atoms with E-state index in [4.69, 9.17) is 10.4 Å². The smallest absolute Gasteiger partial charge is 0.165 e. The summed E-state index contributed by atoms with van der Waals surface area (Å²) < 4.78 is 0. The van der Waals surface area contributed by atoms with E-state index in [1.807, 2.05) is 36.4 Å². The van der Waals surface area contributed by atoms with Crippen LogP contribution in [0.25, 0.3) is 22.3 Å². The first-order valence-electron chi connectivity index (χ1n) is 7.59. The molecule has 4 rings (SSSR count). The molecule has 1 aromatic heterocycles. The van der Waals surface area contributed by atoms with Crippen LogP contribution in [-0.2, 0) is 0 Å². The van der Waals surface area contributed by atoms with Crippen molar-refractivity contribution in [3.63, 3.8) is 0 Å². The molecule has 0 aliphatic carbocycles. The van der Waals surface area contributed by atoms with Gasteiger partial charge in [0, 0.05) is 24.1 Å². The molecule has 1 aliphatic heterocycles. The molecule has 5 nitrogen and oxygen atoms in total. The van der Waals surface area contributed by atoms with Gasteiger partial charge in [0.15, 0.2) is 5.82 Å². The molecule has 3 aromatic rings. The summed E-state index contributed by atoms with van der Waals surface area (Å²) in [6, 6.07) is 15.0. The van der Waals surface area contributed by atoms with E-state index in [1.54, 1.807) is 12.1 Å². The van der Waals surface area contributed by atoms with Crippen molar-refractivity contribution in [1.82, 2.24) is 9.97 Å². The third-order valence-electron chi connectivity index (χ3n) is 4.09. The number of nitrogens with one attached hydrogen (secondary N) is 1. The number of rotatable bonds is 2. The van der Waals surface area contributed by atoms with Gasteiger partial charge >= 0.3 is 0 Å². The van der Waals surface area contributed by atoms with E-state index in [2.05, 4.69) is 9.88 Å². The summed E-state index contributed by atoms with van der Waals surface area (Å²) in [4.78, 5) is 11.4. The summed E-state index contributed by atoms with van der Waals surface area (Å²) in [5.41, 5.74) is 2.18. The molecule has 0 unspecified atom stereocenters. The summed E-state index contributed by atoms with van der Waals surface area (Å²) in [6.45, 7) is 1.39. The second-order valence-electron chi connectivity index (χ2n) is 5.68. The quantitative estimate of drug-likeness (QED) is 0.762. The van der Waals surface area contributed by atoms with E-state index in [9.17, 15) is 5.11 Å². The minimum Gasteiger partial charge on any atom is -0.507 e. The number of anilines is 1. The number of phenolic OH excluding ortho intramolecular Hbond substituents is 1. The Hall–Kier alpha value is -2.95. The Bertz CT molecular complexity index is 906. The first-order chi connectivity index (χ1) is 11.2. The number of hydrogen-bond acceptors (Lipinski definition) is 5. The molecule has 0 spiro atoms. The van der Waals surface area contributed by atoms with E-state index < -0.39 is 0 Å². The summed E-state index contributed by atoms with van der Waals surface area (Å²) in [5, 5.41) is 18.9. The Morgan fingerprint density at radius 2 is 1.78 bits per heavy atom. The zero-order chi connectivity index (χ0) is 15.8. The number of aromatic hydroxyl groups is 1. The van der Waals surface area contributed by atoms with Crippen LogP contribution in [-0.4, -0.2) is 33.9 Å². The van der Waals surface area contributed by atoms with Crippen LogP contribution in [0.2, 0.25) is 0 Å². The Labute approximate surface area is 133 Å². The van der Waals surface area contributed by atoms with Crippen LogP contribution in [0, 0.1) is 5.41 Å². The Morgan fingerprint density at radius 3 is 2.57 bits per heavy atom. The molecule has 0 saturated carbocycles. The number of nitrogens with zero attached hydrogens (tertiary/aromatic N) is 3. The van der Waals surface area contributed by atoms with E-state index >= 15 is 0 Å². The lowest BCUT2D eigenvalue weighted by molar-refractivity contribution is 0.477. The van der Waals surface area contributed by atoms with Crippen molar-refractivity contribution in [3.8, 4) is 17.1 Å². The highest BCUT2D eigenvalue weighted by molar-refractivity contribution is 5.96. The van der Waals surface area contributed by atoms with E-state index in [1.165, 1.54) is 0 Å². The zero-order valence-electron chi connectivity index (χ0n) is 12.5. The van der Waals surface area contributed by atoms with Gasteiger partial charge in [-0.15, -0.1) is 0 Å². The number of fused-ring (bicyclic) bond motifs is 1. The number of phenols is 1. The van der Waals surface area contributed by atoms with Crippen LogP contribution in [0.5, 0.6) is 5.75 Å². The van der Waals surface area contributed by atoms with Gasteiger partial charge in [0.1, 0.15) is 11.6 Å². The van der Waals surface area contributed by atoms with E-state index in [-0.39, 0.29) is 5.75 Å². The van der Waals surface area contributed by atoms with Crippen LogP contribution in [0.1, 0.15) is 6.42 Å².